The molecule has 3 aromatic carbocycles. The molecule has 2 N–H and O–H groups in total. The average molecular weight is 604 g/mol. The van der Waals surface area contributed by atoms with Gasteiger partial charge in [0.05, 0.1) is 24.1 Å². The summed E-state index contributed by atoms with van der Waals surface area (Å²) < 4.78 is 7.55. The van der Waals surface area contributed by atoms with E-state index in [-0.39, 0.29) is 17.6 Å². The maximum Gasteiger partial charge on any atom is 0.280 e. The minimum atomic E-state index is -1.62. The number of fused-ring (bicyclic) bond motifs is 4. The van der Waals surface area contributed by atoms with Gasteiger partial charge in [-0.1, -0.05) is 35.3 Å². The van der Waals surface area contributed by atoms with Gasteiger partial charge in [0.25, 0.3) is 17.7 Å². The van der Waals surface area contributed by atoms with Crippen molar-refractivity contribution in [3.63, 3.8) is 0 Å². The van der Waals surface area contributed by atoms with E-state index in [1.54, 1.807) is 55.6 Å². The maximum absolute atomic E-state index is 14.5. The Morgan fingerprint density at radius 1 is 1.05 bits per heavy atom. The van der Waals surface area contributed by atoms with E-state index in [1.165, 1.54) is 12.0 Å². The number of imidazole rings is 1. The van der Waals surface area contributed by atoms with Crippen LogP contribution in [-0.2, 0) is 10.3 Å². The van der Waals surface area contributed by atoms with Crippen LogP contribution < -0.4 is 20.3 Å². The van der Waals surface area contributed by atoms with Gasteiger partial charge >= 0.3 is 0 Å². The first-order chi connectivity index (χ1) is 20.0. The molecule has 0 unspecified atom stereocenters. The van der Waals surface area contributed by atoms with Crippen molar-refractivity contribution in [3.05, 3.63) is 92.7 Å². The fraction of sp³-hybridized carbons (Fsp3) is 0.226. The average Bonchev–Trinajstić information content (AvgIpc) is 3.57. The third-order valence-electron chi connectivity index (χ3n) is 7.80. The number of hydrogen-bond donors (Lipinski definition) is 2. The van der Waals surface area contributed by atoms with Gasteiger partial charge in [-0.15, -0.1) is 0 Å². The number of methoxy groups -OCH3 is 1. The van der Waals surface area contributed by atoms with E-state index in [2.05, 4.69) is 10.6 Å². The number of aryl methyl sites for hydroxylation is 1. The van der Waals surface area contributed by atoms with Crippen LogP contribution in [0.2, 0.25) is 10.0 Å². The van der Waals surface area contributed by atoms with Crippen molar-refractivity contribution in [2.45, 2.75) is 32.4 Å². The standard InChI is InChI=1S/C31H27Cl2N5O4/c1-15(2)37-26-25(36-27(37)20-12-17(28(39)34-4)7-11-24(20)42-5)29(40)38(23-14-19(33)8-6-16(23)3)31(26)21-10-9-18(32)13-22(21)35-30(31)41/h6-15H,1-5H3,(H,34,39)(H,35,41)/t31-/m0/s1. The molecule has 0 fully saturated rings. The molecule has 0 radical (unpaired) electrons. The second kappa shape index (κ2) is 9.89. The predicted molar refractivity (Wildman–Crippen MR) is 162 cm³/mol. The lowest BCUT2D eigenvalue weighted by Crippen LogP contribution is -2.51. The van der Waals surface area contributed by atoms with Crippen LogP contribution in [0.5, 0.6) is 5.75 Å². The zero-order chi connectivity index (χ0) is 30.1. The van der Waals surface area contributed by atoms with E-state index in [0.29, 0.717) is 55.4 Å². The van der Waals surface area contributed by atoms with E-state index in [0.717, 1.165) is 5.56 Å². The Morgan fingerprint density at radius 3 is 2.45 bits per heavy atom. The zero-order valence-corrected chi connectivity index (χ0v) is 25.0. The van der Waals surface area contributed by atoms with E-state index in [1.807, 2.05) is 31.4 Å². The highest BCUT2D eigenvalue weighted by Gasteiger charge is 2.64. The highest BCUT2D eigenvalue weighted by atomic mass is 35.5. The highest BCUT2D eigenvalue weighted by Crippen LogP contribution is 2.55. The largest absolute Gasteiger partial charge is 0.496 e. The Morgan fingerprint density at radius 2 is 1.76 bits per heavy atom. The van der Waals surface area contributed by atoms with Crippen molar-refractivity contribution in [1.29, 1.82) is 0 Å². The molecule has 4 aromatic rings. The van der Waals surface area contributed by atoms with E-state index in [9.17, 15) is 14.4 Å². The summed E-state index contributed by atoms with van der Waals surface area (Å²) in [4.78, 5) is 47.9. The maximum atomic E-state index is 14.5. The van der Waals surface area contributed by atoms with Crippen molar-refractivity contribution in [3.8, 4) is 17.1 Å². The normalized spacial score (nSPS) is 17.1. The SMILES string of the molecule is CNC(=O)c1ccc(OC)c(-c2nc3c(n2C(C)C)[C@@]2(C(=O)Nc4cc(Cl)ccc42)N(c2cc(Cl)ccc2C)C3=O)c1. The molecule has 0 bridgehead atoms. The Bertz CT molecular complexity index is 1830. The molecule has 6 rings (SSSR count). The first-order valence-electron chi connectivity index (χ1n) is 13.3. The van der Waals surface area contributed by atoms with Crippen LogP contribution in [0.1, 0.15) is 57.6 Å². The molecular weight excluding hydrogens is 577 g/mol. The number of aromatic nitrogens is 2. The first kappa shape index (κ1) is 27.8. The lowest BCUT2D eigenvalue weighted by molar-refractivity contribution is -0.119. The molecule has 1 atom stereocenters. The van der Waals surface area contributed by atoms with Crippen molar-refractivity contribution in [2.75, 3.05) is 24.4 Å². The van der Waals surface area contributed by atoms with Crippen LogP contribution in [0.3, 0.4) is 0 Å². The van der Waals surface area contributed by atoms with Crippen molar-refractivity contribution < 1.29 is 19.1 Å². The molecule has 1 spiro atoms. The van der Waals surface area contributed by atoms with E-state index in [4.69, 9.17) is 32.9 Å². The summed E-state index contributed by atoms with van der Waals surface area (Å²) in [6.07, 6.45) is 0. The summed E-state index contributed by atoms with van der Waals surface area (Å²) in [5.74, 6) is -0.324. The third-order valence-corrected chi connectivity index (χ3v) is 8.27. The second-order valence-electron chi connectivity index (χ2n) is 10.5. The molecule has 9 nitrogen and oxygen atoms in total. The molecular formula is C31H27Cl2N5O4. The van der Waals surface area contributed by atoms with Gasteiger partial charge in [-0.05, 0) is 68.8 Å². The summed E-state index contributed by atoms with van der Waals surface area (Å²) in [7, 11) is 3.07. The van der Waals surface area contributed by atoms with Crippen LogP contribution in [0.4, 0.5) is 11.4 Å². The van der Waals surface area contributed by atoms with E-state index >= 15 is 0 Å². The van der Waals surface area contributed by atoms with Gasteiger partial charge in [0.2, 0.25) is 0 Å². The Hall–Kier alpha value is -4.34. The number of nitrogens with one attached hydrogen (secondary N) is 2. The summed E-state index contributed by atoms with van der Waals surface area (Å²) in [6, 6.07) is 15.1. The van der Waals surface area contributed by atoms with Crippen LogP contribution in [-0.4, -0.2) is 41.4 Å². The number of rotatable bonds is 5. The molecule has 1 aromatic heterocycles. The van der Waals surface area contributed by atoms with Gasteiger partial charge in [0.1, 0.15) is 11.6 Å². The zero-order valence-electron chi connectivity index (χ0n) is 23.5. The van der Waals surface area contributed by atoms with Crippen LogP contribution in [0.25, 0.3) is 11.4 Å². The Labute approximate surface area is 252 Å². The molecule has 0 aliphatic carbocycles. The number of benzene rings is 3. The van der Waals surface area contributed by atoms with Gasteiger partial charge in [-0.2, -0.15) is 0 Å². The van der Waals surface area contributed by atoms with Gasteiger partial charge in [0, 0.05) is 39.9 Å². The summed E-state index contributed by atoms with van der Waals surface area (Å²) in [5.41, 5.74) is 2.09. The predicted octanol–water partition coefficient (Wildman–Crippen LogP) is 5.97. The molecule has 0 saturated carbocycles. The van der Waals surface area contributed by atoms with Gasteiger partial charge in [-0.3, -0.25) is 19.3 Å². The number of ether oxygens (including phenoxy) is 1. The lowest BCUT2D eigenvalue weighted by Gasteiger charge is -2.36. The van der Waals surface area contributed by atoms with Gasteiger partial charge in [0.15, 0.2) is 11.2 Å². The molecule has 214 valence electrons. The lowest BCUT2D eigenvalue weighted by atomic mass is 9.86. The number of amides is 3. The third kappa shape index (κ3) is 3.77. The fourth-order valence-corrected chi connectivity index (χ4v) is 6.33. The topological polar surface area (TPSA) is 106 Å². The number of carbonyl (C=O) groups excluding carboxylic acids is 3. The quantitative estimate of drug-likeness (QED) is 0.292. The Kier molecular flexibility index (Phi) is 6.55. The minimum Gasteiger partial charge on any atom is -0.496 e. The minimum absolute atomic E-state index is 0.114. The molecule has 3 heterocycles. The molecule has 2 aliphatic heterocycles. The van der Waals surface area contributed by atoms with Crippen LogP contribution in [0.15, 0.2) is 54.6 Å². The summed E-state index contributed by atoms with van der Waals surface area (Å²) in [6.45, 7) is 5.75. The number of nitrogens with zero attached hydrogens (tertiary/aromatic N) is 3. The monoisotopic (exact) mass is 603 g/mol. The van der Waals surface area contributed by atoms with Crippen LogP contribution >= 0.6 is 23.2 Å². The number of carbonyl (C=O) groups is 3. The second-order valence-corrected chi connectivity index (χ2v) is 11.4. The molecule has 0 saturated heterocycles. The van der Waals surface area contributed by atoms with Crippen molar-refractivity contribution in [1.82, 2.24) is 14.9 Å². The van der Waals surface area contributed by atoms with Gasteiger partial charge < -0.3 is 19.9 Å². The van der Waals surface area contributed by atoms with Crippen molar-refractivity contribution in [2.24, 2.45) is 0 Å². The number of anilines is 2. The number of hydrogen-bond acceptors (Lipinski definition) is 5. The number of halogens is 2. The summed E-state index contributed by atoms with van der Waals surface area (Å²) >= 11 is 12.8. The highest BCUT2D eigenvalue weighted by molar-refractivity contribution is 6.32. The van der Waals surface area contributed by atoms with E-state index < -0.39 is 17.4 Å². The fourth-order valence-electron chi connectivity index (χ4n) is 5.99. The smallest absolute Gasteiger partial charge is 0.280 e. The van der Waals surface area contributed by atoms with Gasteiger partial charge in [-0.25, -0.2) is 4.98 Å². The van der Waals surface area contributed by atoms with Crippen LogP contribution in [0, 0.1) is 6.92 Å². The molecule has 3 amide bonds. The summed E-state index contributed by atoms with van der Waals surface area (Å²) in [5, 5.41) is 6.46. The van der Waals surface area contributed by atoms with Crippen molar-refractivity contribution >= 4 is 52.3 Å². The molecule has 2 aliphatic rings. The Balaban J connectivity index is 1.73. The molecule has 42 heavy (non-hydrogen) atoms. The first-order valence-corrected chi connectivity index (χ1v) is 14.1. The molecule has 11 heteroatoms.